The van der Waals surface area contributed by atoms with Crippen LogP contribution in [0, 0.1) is 11.8 Å². The Morgan fingerprint density at radius 1 is 1.07 bits per heavy atom. The van der Waals surface area contributed by atoms with Gasteiger partial charge in [-0.25, -0.2) is 0 Å². The van der Waals surface area contributed by atoms with E-state index in [4.69, 9.17) is 0 Å². The number of hydrogen-bond acceptors (Lipinski definition) is 2. The SMILES string of the molecule is CNC(C1CCCCC1)C1CCNC1. The van der Waals surface area contributed by atoms with Crippen molar-refractivity contribution in [3.8, 4) is 0 Å². The molecule has 1 heterocycles. The van der Waals surface area contributed by atoms with Gasteiger partial charge in [0.2, 0.25) is 0 Å². The standard InChI is InChI=1S/C12H24N2/c1-13-12(11-7-8-14-9-11)10-5-3-2-4-6-10/h10-14H,2-9H2,1H3. The van der Waals surface area contributed by atoms with Crippen LogP contribution >= 0.6 is 0 Å². The van der Waals surface area contributed by atoms with Crippen LogP contribution in [0.2, 0.25) is 0 Å². The average molecular weight is 196 g/mol. The Kier molecular flexibility index (Phi) is 3.82. The molecule has 2 atom stereocenters. The Morgan fingerprint density at radius 2 is 1.86 bits per heavy atom. The molecule has 2 aliphatic rings. The van der Waals surface area contributed by atoms with Crippen LogP contribution in [-0.4, -0.2) is 26.2 Å². The lowest BCUT2D eigenvalue weighted by molar-refractivity contribution is 0.223. The predicted molar refractivity (Wildman–Crippen MR) is 60.4 cm³/mol. The van der Waals surface area contributed by atoms with Crippen molar-refractivity contribution in [3.05, 3.63) is 0 Å². The number of hydrogen-bond donors (Lipinski definition) is 2. The van der Waals surface area contributed by atoms with Gasteiger partial charge in [-0.05, 0) is 51.2 Å². The van der Waals surface area contributed by atoms with Crippen molar-refractivity contribution in [3.63, 3.8) is 0 Å². The monoisotopic (exact) mass is 196 g/mol. The van der Waals surface area contributed by atoms with Gasteiger partial charge in [-0.3, -0.25) is 0 Å². The van der Waals surface area contributed by atoms with E-state index in [2.05, 4.69) is 17.7 Å². The fourth-order valence-corrected chi connectivity index (χ4v) is 3.33. The zero-order chi connectivity index (χ0) is 9.80. The van der Waals surface area contributed by atoms with Gasteiger partial charge in [0.05, 0.1) is 0 Å². The number of nitrogens with one attached hydrogen (secondary N) is 2. The maximum Gasteiger partial charge on any atom is 0.0133 e. The summed E-state index contributed by atoms with van der Waals surface area (Å²) in [6.45, 7) is 2.47. The molecule has 0 amide bonds. The maximum atomic E-state index is 3.57. The van der Waals surface area contributed by atoms with Crippen LogP contribution in [0.1, 0.15) is 38.5 Å². The Bertz CT molecular complexity index is 158. The van der Waals surface area contributed by atoms with E-state index in [0.29, 0.717) is 0 Å². The van der Waals surface area contributed by atoms with Crippen LogP contribution in [0.25, 0.3) is 0 Å². The molecule has 2 unspecified atom stereocenters. The molecule has 2 N–H and O–H groups in total. The van der Waals surface area contributed by atoms with Crippen LogP contribution in [0.15, 0.2) is 0 Å². The first-order valence-corrected chi connectivity index (χ1v) is 6.30. The van der Waals surface area contributed by atoms with Gasteiger partial charge in [-0.1, -0.05) is 19.3 Å². The molecule has 1 aliphatic heterocycles. The summed E-state index contributed by atoms with van der Waals surface area (Å²) >= 11 is 0. The quantitative estimate of drug-likeness (QED) is 0.719. The first-order valence-electron chi connectivity index (χ1n) is 6.30. The highest BCUT2D eigenvalue weighted by Gasteiger charge is 2.30. The fraction of sp³-hybridized carbons (Fsp3) is 1.00. The zero-order valence-electron chi connectivity index (χ0n) is 9.39. The molecule has 14 heavy (non-hydrogen) atoms. The molecule has 1 aliphatic carbocycles. The fourth-order valence-electron chi connectivity index (χ4n) is 3.33. The van der Waals surface area contributed by atoms with E-state index in [-0.39, 0.29) is 0 Å². The Balaban J connectivity index is 1.89. The Labute approximate surface area is 87.8 Å². The summed E-state index contributed by atoms with van der Waals surface area (Å²) in [6, 6.07) is 0.783. The van der Waals surface area contributed by atoms with Crippen molar-refractivity contribution in [1.29, 1.82) is 0 Å². The lowest BCUT2D eigenvalue weighted by atomic mass is 9.78. The summed E-state index contributed by atoms with van der Waals surface area (Å²) < 4.78 is 0. The highest BCUT2D eigenvalue weighted by Crippen LogP contribution is 2.31. The lowest BCUT2D eigenvalue weighted by Crippen LogP contribution is -2.42. The normalized spacial score (nSPS) is 31.9. The first-order chi connectivity index (χ1) is 6.92. The molecule has 0 bridgehead atoms. The summed E-state index contributed by atoms with van der Waals surface area (Å²) in [6.07, 6.45) is 8.69. The molecule has 2 fully saturated rings. The van der Waals surface area contributed by atoms with Crippen molar-refractivity contribution in [2.75, 3.05) is 20.1 Å². The molecule has 2 nitrogen and oxygen atoms in total. The van der Waals surface area contributed by atoms with E-state index in [1.165, 1.54) is 51.6 Å². The van der Waals surface area contributed by atoms with Crippen LogP contribution < -0.4 is 10.6 Å². The molecule has 0 aromatic heterocycles. The van der Waals surface area contributed by atoms with Crippen LogP contribution in [0.3, 0.4) is 0 Å². The van der Waals surface area contributed by atoms with E-state index in [1.54, 1.807) is 0 Å². The second kappa shape index (κ2) is 5.13. The van der Waals surface area contributed by atoms with Gasteiger partial charge in [-0.15, -0.1) is 0 Å². The van der Waals surface area contributed by atoms with E-state index in [0.717, 1.165) is 17.9 Å². The third-order valence-electron chi connectivity index (χ3n) is 4.10. The molecule has 1 saturated carbocycles. The second-order valence-electron chi connectivity index (χ2n) is 4.97. The number of rotatable bonds is 3. The summed E-state index contributed by atoms with van der Waals surface area (Å²) in [5.41, 5.74) is 0. The van der Waals surface area contributed by atoms with E-state index < -0.39 is 0 Å². The molecule has 0 aromatic rings. The molecule has 0 aromatic carbocycles. The van der Waals surface area contributed by atoms with Crippen molar-refractivity contribution >= 4 is 0 Å². The average Bonchev–Trinajstić information content (AvgIpc) is 2.74. The summed E-state index contributed by atoms with van der Waals surface area (Å²) in [7, 11) is 2.15. The highest BCUT2D eigenvalue weighted by atomic mass is 15.0. The molecular weight excluding hydrogens is 172 g/mol. The second-order valence-corrected chi connectivity index (χ2v) is 4.97. The van der Waals surface area contributed by atoms with Crippen molar-refractivity contribution in [1.82, 2.24) is 10.6 Å². The third kappa shape index (κ3) is 2.29. The summed E-state index contributed by atoms with van der Waals surface area (Å²) in [4.78, 5) is 0. The van der Waals surface area contributed by atoms with Crippen molar-refractivity contribution < 1.29 is 0 Å². The molecule has 82 valence electrons. The van der Waals surface area contributed by atoms with E-state index >= 15 is 0 Å². The predicted octanol–water partition coefficient (Wildman–Crippen LogP) is 1.76. The highest BCUT2D eigenvalue weighted by molar-refractivity contribution is 4.88. The molecule has 0 radical (unpaired) electrons. The maximum absolute atomic E-state index is 3.57. The van der Waals surface area contributed by atoms with Crippen molar-refractivity contribution in [2.45, 2.75) is 44.6 Å². The van der Waals surface area contributed by atoms with Crippen molar-refractivity contribution in [2.24, 2.45) is 11.8 Å². The minimum Gasteiger partial charge on any atom is -0.316 e. The minimum absolute atomic E-state index is 0.783. The third-order valence-corrected chi connectivity index (χ3v) is 4.10. The van der Waals surface area contributed by atoms with Crippen LogP contribution in [0.5, 0.6) is 0 Å². The van der Waals surface area contributed by atoms with Crippen LogP contribution in [0.4, 0.5) is 0 Å². The van der Waals surface area contributed by atoms with Gasteiger partial charge >= 0.3 is 0 Å². The molecule has 2 rings (SSSR count). The zero-order valence-corrected chi connectivity index (χ0v) is 9.39. The molecular formula is C12H24N2. The van der Waals surface area contributed by atoms with E-state index in [1.807, 2.05) is 0 Å². The largest absolute Gasteiger partial charge is 0.316 e. The van der Waals surface area contributed by atoms with Gasteiger partial charge in [0.25, 0.3) is 0 Å². The van der Waals surface area contributed by atoms with Crippen LogP contribution in [-0.2, 0) is 0 Å². The molecule has 0 spiro atoms. The van der Waals surface area contributed by atoms with Gasteiger partial charge < -0.3 is 10.6 Å². The van der Waals surface area contributed by atoms with Gasteiger partial charge in [-0.2, -0.15) is 0 Å². The topological polar surface area (TPSA) is 24.1 Å². The summed E-state index contributed by atoms with van der Waals surface area (Å²) in [5.74, 6) is 1.85. The minimum atomic E-state index is 0.783. The summed E-state index contributed by atoms with van der Waals surface area (Å²) in [5, 5.41) is 7.06. The lowest BCUT2D eigenvalue weighted by Gasteiger charge is -2.33. The Morgan fingerprint density at radius 3 is 2.43 bits per heavy atom. The first kappa shape index (κ1) is 10.4. The molecule has 1 saturated heterocycles. The van der Waals surface area contributed by atoms with Gasteiger partial charge in [0.15, 0.2) is 0 Å². The van der Waals surface area contributed by atoms with Gasteiger partial charge in [0.1, 0.15) is 0 Å². The molecule has 2 heteroatoms. The van der Waals surface area contributed by atoms with Gasteiger partial charge in [0, 0.05) is 6.04 Å². The van der Waals surface area contributed by atoms with E-state index in [9.17, 15) is 0 Å². The Hall–Kier alpha value is -0.0800. The smallest absolute Gasteiger partial charge is 0.0133 e.